The van der Waals surface area contributed by atoms with Gasteiger partial charge >= 0.3 is 0 Å². The molecule has 1 aliphatic carbocycles. The highest BCUT2D eigenvalue weighted by Crippen LogP contribution is 2.41. The lowest BCUT2D eigenvalue weighted by molar-refractivity contribution is -0.0959. The molecule has 0 aromatic rings. The van der Waals surface area contributed by atoms with Gasteiger partial charge in [0.2, 0.25) is 0 Å². The zero-order valence-corrected chi connectivity index (χ0v) is 9.96. The van der Waals surface area contributed by atoms with Crippen molar-refractivity contribution in [2.24, 2.45) is 11.8 Å². The second-order valence-electron chi connectivity index (χ2n) is 5.43. The molecule has 0 radical (unpaired) electrons. The summed E-state index contributed by atoms with van der Waals surface area (Å²) in [6.45, 7) is 9.27. The number of nitrogens with zero attached hydrogens (tertiary/aromatic N) is 1. The van der Waals surface area contributed by atoms with Crippen molar-refractivity contribution >= 4 is 0 Å². The van der Waals surface area contributed by atoms with E-state index in [1.165, 1.54) is 19.3 Å². The molecule has 2 bridgehead atoms. The Morgan fingerprint density at radius 3 is 2.50 bits per heavy atom. The van der Waals surface area contributed by atoms with Crippen molar-refractivity contribution in [1.29, 1.82) is 0 Å². The minimum atomic E-state index is 0. The van der Waals surface area contributed by atoms with E-state index in [1.807, 2.05) is 0 Å². The van der Waals surface area contributed by atoms with Crippen molar-refractivity contribution in [2.75, 3.05) is 0 Å². The molecule has 2 nitrogen and oxygen atoms in total. The van der Waals surface area contributed by atoms with Crippen LogP contribution in [-0.2, 0) is 0 Å². The summed E-state index contributed by atoms with van der Waals surface area (Å²) in [4.78, 5) is 0. The average molecular weight is 198 g/mol. The first-order valence-electron chi connectivity index (χ1n) is 6.18. The van der Waals surface area contributed by atoms with Gasteiger partial charge in [0.05, 0.1) is 0 Å². The van der Waals surface area contributed by atoms with Crippen molar-refractivity contribution in [2.45, 2.75) is 65.1 Å². The number of hydrogen-bond acceptors (Lipinski definition) is 2. The zero-order chi connectivity index (χ0) is 10.3. The molecule has 3 rings (SSSR count). The van der Waals surface area contributed by atoms with E-state index >= 15 is 0 Å². The fourth-order valence-electron chi connectivity index (χ4n) is 2.95. The van der Waals surface area contributed by atoms with Crippen LogP contribution in [0.25, 0.3) is 0 Å². The first-order chi connectivity index (χ1) is 6.63. The van der Waals surface area contributed by atoms with Gasteiger partial charge in [0.1, 0.15) is 0 Å². The van der Waals surface area contributed by atoms with Crippen LogP contribution in [0.2, 0.25) is 0 Å². The Balaban J connectivity index is 0.00000112. The summed E-state index contributed by atoms with van der Waals surface area (Å²) in [5.74, 6) is 1.78. The largest absolute Gasteiger partial charge is 0.251 e. The van der Waals surface area contributed by atoms with Crippen LogP contribution >= 0.6 is 0 Å². The van der Waals surface area contributed by atoms with Crippen molar-refractivity contribution in [3.05, 3.63) is 0 Å². The number of nitrogens with one attached hydrogen (secondary N) is 1. The van der Waals surface area contributed by atoms with E-state index in [2.05, 4.69) is 38.1 Å². The molecular formula is C12H26N2. The normalized spacial score (nSPS) is 39.6. The highest BCUT2D eigenvalue weighted by molar-refractivity contribution is 4.99. The molecule has 84 valence electrons. The van der Waals surface area contributed by atoms with E-state index in [9.17, 15) is 0 Å². The Morgan fingerprint density at radius 1 is 1.36 bits per heavy atom. The molecule has 2 atom stereocenters. The number of hydrogen-bond donors (Lipinski definition) is 1. The molecule has 2 heterocycles. The third kappa shape index (κ3) is 1.59. The summed E-state index contributed by atoms with van der Waals surface area (Å²) in [6.07, 6.45) is 4.16. The fraction of sp³-hybridized carbons (Fsp3) is 1.00. The summed E-state index contributed by atoms with van der Waals surface area (Å²) >= 11 is 0. The predicted molar refractivity (Wildman–Crippen MR) is 62.0 cm³/mol. The molecule has 2 aliphatic heterocycles. The Hall–Kier alpha value is -0.0800. The van der Waals surface area contributed by atoms with Crippen molar-refractivity contribution in [3.63, 3.8) is 0 Å². The Kier molecular flexibility index (Phi) is 2.85. The minimum absolute atomic E-state index is 0. The van der Waals surface area contributed by atoms with Crippen LogP contribution in [0.5, 0.6) is 0 Å². The fourth-order valence-corrected chi connectivity index (χ4v) is 2.95. The first-order valence-corrected chi connectivity index (χ1v) is 6.18. The van der Waals surface area contributed by atoms with Crippen LogP contribution in [0.15, 0.2) is 0 Å². The zero-order valence-electron chi connectivity index (χ0n) is 9.96. The Labute approximate surface area is 89.5 Å². The molecule has 0 aromatic carbocycles. The second kappa shape index (κ2) is 3.82. The molecule has 0 aromatic heterocycles. The summed E-state index contributed by atoms with van der Waals surface area (Å²) in [5.41, 5.74) is 3.74. The van der Waals surface area contributed by atoms with Crippen molar-refractivity contribution in [1.82, 2.24) is 10.4 Å². The monoisotopic (exact) mass is 198 g/mol. The third-order valence-corrected chi connectivity index (χ3v) is 4.16. The van der Waals surface area contributed by atoms with E-state index in [1.54, 1.807) is 0 Å². The van der Waals surface area contributed by atoms with E-state index in [0.717, 1.165) is 23.9 Å². The van der Waals surface area contributed by atoms with Crippen LogP contribution in [0.4, 0.5) is 0 Å². The van der Waals surface area contributed by atoms with Crippen LogP contribution in [0.3, 0.4) is 0 Å². The van der Waals surface area contributed by atoms with Crippen LogP contribution in [-0.4, -0.2) is 23.1 Å². The SMILES string of the molecule is CCC(C)C1NN(C(C)C)C2CC1C2.[HH]. The van der Waals surface area contributed by atoms with Gasteiger partial charge in [0.25, 0.3) is 0 Å². The smallest absolute Gasteiger partial charge is 0.0270 e. The maximum absolute atomic E-state index is 3.74. The van der Waals surface area contributed by atoms with Crippen LogP contribution in [0, 0.1) is 11.8 Å². The molecule has 1 N–H and O–H groups in total. The molecule has 14 heavy (non-hydrogen) atoms. The van der Waals surface area contributed by atoms with E-state index in [0.29, 0.717) is 6.04 Å². The standard InChI is InChI=1S/C12H24N2.H2/c1-5-9(4)12-10-6-11(7-10)14(13-12)8(2)3;/h8-13H,5-7H2,1-4H3;1H. The molecular weight excluding hydrogens is 172 g/mol. The van der Waals surface area contributed by atoms with Gasteiger partial charge in [-0.15, -0.1) is 0 Å². The van der Waals surface area contributed by atoms with Crippen molar-refractivity contribution in [3.8, 4) is 0 Å². The predicted octanol–water partition coefficient (Wildman–Crippen LogP) is 2.65. The third-order valence-electron chi connectivity index (χ3n) is 4.16. The van der Waals surface area contributed by atoms with Gasteiger partial charge in [-0.1, -0.05) is 20.3 Å². The van der Waals surface area contributed by atoms with Crippen LogP contribution < -0.4 is 5.43 Å². The maximum atomic E-state index is 3.74. The molecule has 0 spiro atoms. The number of fused-ring (bicyclic) bond motifs is 2. The quantitative estimate of drug-likeness (QED) is 0.750. The summed E-state index contributed by atoms with van der Waals surface area (Å²) in [6, 6.07) is 2.22. The molecule has 1 saturated carbocycles. The molecule has 3 aliphatic rings. The van der Waals surface area contributed by atoms with E-state index in [-0.39, 0.29) is 1.43 Å². The van der Waals surface area contributed by atoms with Gasteiger partial charge in [0, 0.05) is 19.6 Å². The maximum Gasteiger partial charge on any atom is 0.0270 e. The van der Waals surface area contributed by atoms with E-state index < -0.39 is 0 Å². The molecule has 0 amide bonds. The summed E-state index contributed by atoms with van der Waals surface area (Å²) < 4.78 is 0. The van der Waals surface area contributed by atoms with Gasteiger partial charge in [-0.2, -0.15) is 0 Å². The van der Waals surface area contributed by atoms with E-state index in [4.69, 9.17) is 0 Å². The van der Waals surface area contributed by atoms with Crippen molar-refractivity contribution < 1.29 is 1.43 Å². The second-order valence-corrected chi connectivity index (χ2v) is 5.43. The lowest BCUT2D eigenvalue weighted by Crippen LogP contribution is -2.68. The topological polar surface area (TPSA) is 15.3 Å². The van der Waals surface area contributed by atoms with Gasteiger partial charge < -0.3 is 0 Å². The molecule has 2 heteroatoms. The first kappa shape index (κ1) is 10.4. The molecule has 3 fully saturated rings. The summed E-state index contributed by atoms with van der Waals surface area (Å²) in [7, 11) is 0. The highest BCUT2D eigenvalue weighted by atomic mass is 15.6. The average Bonchev–Trinajstić information content (AvgIpc) is 2.14. The molecule has 2 saturated heterocycles. The van der Waals surface area contributed by atoms with Gasteiger partial charge in [0.15, 0.2) is 0 Å². The van der Waals surface area contributed by atoms with Gasteiger partial charge in [-0.3, -0.25) is 5.43 Å². The lowest BCUT2D eigenvalue weighted by atomic mass is 9.69. The number of rotatable bonds is 3. The highest BCUT2D eigenvalue weighted by Gasteiger charge is 2.46. The summed E-state index contributed by atoms with van der Waals surface area (Å²) in [5, 5.41) is 2.50. The lowest BCUT2D eigenvalue weighted by Gasteiger charge is -2.56. The molecule has 2 unspecified atom stereocenters. The van der Waals surface area contributed by atoms with Crippen LogP contribution in [0.1, 0.15) is 48.4 Å². The van der Waals surface area contributed by atoms with Gasteiger partial charge in [-0.05, 0) is 38.5 Å². The Bertz CT molecular complexity index is 200. The minimum Gasteiger partial charge on any atom is -0.251 e. The number of hydrazine groups is 1. The van der Waals surface area contributed by atoms with Gasteiger partial charge in [-0.25, -0.2) is 5.01 Å². The Morgan fingerprint density at radius 2 is 2.00 bits per heavy atom.